The van der Waals surface area contributed by atoms with E-state index >= 15 is 0 Å². The van der Waals surface area contributed by atoms with Crippen LogP contribution in [-0.2, 0) is 16.1 Å². The van der Waals surface area contributed by atoms with Crippen molar-refractivity contribution in [1.29, 1.82) is 0 Å². The Labute approximate surface area is 144 Å². The first kappa shape index (κ1) is 18.1. The van der Waals surface area contributed by atoms with Crippen molar-refractivity contribution < 1.29 is 18.7 Å². The van der Waals surface area contributed by atoms with Crippen LogP contribution in [0.1, 0.15) is 18.1 Å². The van der Waals surface area contributed by atoms with Gasteiger partial charge in [0.05, 0.1) is 6.21 Å². The van der Waals surface area contributed by atoms with Gasteiger partial charge in [0.25, 0.3) is 5.91 Å². The molecule has 2 N–H and O–H groups in total. The molecular formula is C18H18FN3O3. The van der Waals surface area contributed by atoms with Crippen molar-refractivity contribution in [1.82, 2.24) is 10.7 Å². The first-order chi connectivity index (χ1) is 12.0. The van der Waals surface area contributed by atoms with Crippen LogP contribution in [0, 0.1) is 5.82 Å². The summed E-state index contributed by atoms with van der Waals surface area (Å²) in [6.07, 6.45) is 0.673. The summed E-state index contributed by atoms with van der Waals surface area (Å²) in [7, 11) is 0. The lowest BCUT2D eigenvalue weighted by Gasteiger charge is -2.12. The number of rotatable bonds is 6. The Hall–Kier alpha value is -3.22. The predicted molar refractivity (Wildman–Crippen MR) is 91.4 cm³/mol. The minimum atomic E-state index is -0.825. The number of hydrazone groups is 1. The Bertz CT molecular complexity index is 733. The van der Waals surface area contributed by atoms with Gasteiger partial charge in [0.15, 0.2) is 0 Å². The summed E-state index contributed by atoms with van der Waals surface area (Å²) in [4.78, 5) is 23.5. The molecule has 2 amide bonds. The average Bonchev–Trinajstić information content (AvgIpc) is 2.62. The van der Waals surface area contributed by atoms with Gasteiger partial charge < -0.3 is 10.1 Å². The van der Waals surface area contributed by atoms with E-state index in [9.17, 15) is 14.0 Å². The summed E-state index contributed by atoms with van der Waals surface area (Å²) in [5.74, 6) is -0.858. The number of amides is 2. The predicted octanol–water partition coefficient (Wildman–Crippen LogP) is 2.59. The minimum absolute atomic E-state index is 0.115. The monoisotopic (exact) mass is 343 g/mol. The average molecular weight is 343 g/mol. The first-order valence-corrected chi connectivity index (χ1v) is 7.60. The van der Waals surface area contributed by atoms with Crippen molar-refractivity contribution in [2.75, 3.05) is 0 Å². The van der Waals surface area contributed by atoms with Gasteiger partial charge in [-0.1, -0.05) is 42.5 Å². The maximum Gasteiger partial charge on any atom is 0.408 e. The second-order valence-corrected chi connectivity index (χ2v) is 5.21. The number of hydrogen-bond donors (Lipinski definition) is 2. The maximum absolute atomic E-state index is 12.8. The lowest BCUT2D eigenvalue weighted by atomic mass is 10.2. The standard InChI is InChI=1S/C18H18FN3O3/c1-13(21-18(24)25-12-15-5-3-2-4-6-15)17(23)22-20-11-14-7-9-16(19)10-8-14/h2-11,13H,12H2,1H3,(H,21,24)(H,22,23). The van der Waals surface area contributed by atoms with Gasteiger partial charge in [0.1, 0.15) is 18.5 Å². The smallest absolute Gasteiger partial charge is 0.408 e. The lowest BCUT2D eigenvalue weighted by Crippen LogP contribution is -2.43. The largest absolute Gasteiger partial charge is 0.445 e. The molecule has 0 aromatic heterocycles. The minimum Gasteiger partial charge on any atom is -0.445 e. The number of alkyl carbamates (subject to hydrolysis) is 1. The van der Waals surface area contributed by atoms with Crippen LogP contribution in [-0.4, -0.2) is 24.3 Å². The van der Waals surface area contributed by atoms with Crippen molar-refractivity contribution in [3.05, 3.63) is 71.5 Å². The van der Waals surface area contributed by atoms with E-state index in [0.717, 1.165) is 5.56 Å². The number of nitrogens with one attached hydrogen (secondary N) is 2. The van der Waals surface area contributed by atoms with Gasteiger partial charge in [0.2, 0.25) is 0 Å². The van der Waals surface area contributed by atoms with Gasteiger partial charge in [-0.25, -0.2) is 14.6 Å². The Morgan fingerprint density at radius 2 is 1.84 bits per heavy atom. The van der Waals surface area contributed by atoms with Gasteiger partial charge >= 0.3 is 6.09 Å². The van der Waals surface area contributed by atoms with Crippen LogP contribution in [0.5, 0.6) is 0 Å². The molecular weight excluding hydrogens is 325 g/mol. The summed E-state index contributed by atoms with van der Waals surface area (Å²) in [5, 5.41) is 6.16. The molecule has 6 nitrogen and oxygen atoms in total. The van der Waals surface area contributed by atoms with Crippen LogP contribution >= 0.6 is 0 Å². The van der Waals surface area contributed by atoms with E-state index < -0.39 is 18.0 Å². The van der Waals surface area contributed by atoms with E-state index in [1.165, 1.54) is 37.4 Å². The van der Waals surface area contributed by atoms with E-state index in [0.29, 0.717) is 5.56 Å². The lowest BCUT2D eigenvalue weighted by molar-refractivity contribution is -0.122. The van der Waals surface area contributed by atoms with E-state index in [1.54, 1.807) is 0 Å². The highest BCUT2D eigenvalue weighted by atomic mass is 19.1. The quantitative estimate of drug-likeness (QED) is 0.625. The number of nitrogens with zero attached hydrogens (tertiary/aromatic N) is 1. The van der Waals surface area contributed by atoms with Crippen molar-refractivity contribution >= 4 is 18.2 Å². The molecule has 2 aromatic carbocycles. The highest BCUT2D eigenvalue weighted by molar-refractivity contribution is 5.86. The van der Waals surface area contributed by atoms with Gasteiger partial charge in [-0.2, -0.15) is 5.10 Å². The van der Waals surface area contributed by atoms with Gasteiger partial charge in [-0.05, 0) is 30.2 Å². The van der Waals surface area contributed by atoms with Gasteiger partial charge in [-0.3, -0.25) is 4.79 Å². The Balaban J connectivity index is 1.73. The van der Waals surface area contributed by atoms with Crippen molar-refractivity contribution in [2.45, 2.75) is 19.6 Å². The Morgan fingerprint density at radius 3 is 2.52 bits per heavy atom. The zero-order chi connectivity index (χ0) is 18.1. The third-order valence-electron chi connectivity index (χ3n) is 3.20. The molecule has 0 saturated heterocycles. The van der Waals surface area contributed by atoms with Crippen molar-refractivity contribution in [3.63, 3.8) is 0 Å². The molecule has 0 spiro atoms. The first-order valence-electron chi connectivity index (χ1n) is 7.60. The molecule has 0 bridgehead atoms. The fourth-order valence-electron chi connectivity index (χ4n) is 1.82. The van der Waals surface area contributed by atoms with Crippen molar-refractivity contribution in [2.24, 2.45) is 5.10 Å². The zero-order valence-electron chi connectivity index (χ0n) is 13.6. The highest BCUT2D eigenvalue weighted by Gasteiger charge is 2.15. The van der Waals surface area contributed by atoms with Gasteiger partial charge in [0, 0.05) is 0 Å². The third kappa shape index (κ3) is 6.42. The summed E-state index contributed by atoms with van der Waals surface area (Å²) >= 11 is 0. The van der Waals surface area contributed by atoms with Crippen LogP contribution in [0.3, 0.4) is 0 Å². The zero-order valence-corrected chi connectivity index (χ0v) is 13.6. The van der Waals surface area contributed by atoms with Crippen LogP contribution < -0.4 is 10.7 Å². The fraction of sp³-hybridized carbons (Fsp3) is 0.167. The molecule has 0 heterocycles. The molecule has 0 fully saturated rings. The maximum atomic E-state index is 12.8. The van der Waals surface area contributed by atoms with Crippen LogP contribution in [0.15, 0.2) is 59.7 Å². The molecule has 2 rings (SSSR count). The third-order valence-corrected chi connectivity index (χ3v) is 3.20. The van der Waals surface area contributed by atoms with Gasteiger partial charge in [-0.15, -0.1) is 0 Å². The van der Waals surface area contributed by atoms with E-state index in [2.05, 4.69) is 15.8 Å². The Morgan fingerprint density at radius 1 is 1.16 bits per heavy atom. The molecule has 7 heteroatoms. The molecule has 130 valence electrons. The molecule has 0 aliphatic heterocycles. The van der Waals surface area contributed by atoms with E-state index in [4.69, 9.17) is 4.74 Å². The normalized spacial score (nSPS) is 11.8. The second-order valence-electron chi connectivity index (χ2n) is 5.21. The summed E-state index contributed by atoms with van der Waals surface area (Å²) in [6.45, 7) is 1.62. The number of ether oxygens (including phenoxy) is 1. The molecule has 1 unspecified atom stereocenters. The molecule has 2 aromatic rings. The molecule has 1 atom stereocenters. The van der Waals surface area contributed by atoms with Crippen LogP contribution in [0.2, 0.25) is 0 Å². The van der Waals surface area contributed by atoms with Crippen molar-refractivity contribution in [3.8, 4) is 0 Å². The molecule has 0 radical (unpaired) electrons. The topological polar surface area (TPSA) is 79.8 Å². The number of carbonyl (C=O) groups is 2. The second kappa shape index (κ2) is 9.17. The SMILES string of the molecule is CC(NC(=O)OCc1ccccc1)C(=O)NN=Cc1ccc(F)cc1. The Kier molecular flexibility index (Phi) is 6.65. The number of carbonyl (C=O) groups excluding carboxylic acids is 2. The number of benzene rings is 2. The molecule has 0 saturated carbocycles. The number of halogens is 1. The van der Waals surface area contributed by atoms with E-state index in [-0.39, 0.29) is 12.4 Å². The number of hydrogen-bond acceptors (Lipinski definition) is 4. The molecule has 0 aliphatic carbocycles. The molecule has 25 heavy (non-hydrogen) atoms. The van der Waals surface area contributed by atoms with Crippen LogP contribution in [0.25, 0.3) is 0 Å². The summed E-state index contributed by atoms with van der Waals surface area (Å²) in [5.41, 5.74) is 3.77. The fourth-order valence-corrected chi connectivity index (χ4v) is 1.82. The highest BCUT2D eigenvalue weighted by Crippen LogP contribution is 2.01. The van der Waals surface area contributed by atoms with E-state index in [1.807, 2.05) is 30.3 Å². The van der Waals surface area contributed by atoms with Crippen LogP contribution in [0.4, 0.5) is 9.18 Å². The summed E-state index contributed by atoms with van der Waals surface area (Å²) in [6, 6.07) is 14.0. The summed E-state index contributed by atoms with van der Waals surface area (Å²) < 4.78 is 17.8. The molecule has 0 aliphatic rings.